The maximum Gasteiger partial charge on any atom is 0.232 e. The predicted molar refractivity (Wildman–Crippen MR) is 88.8 cm³/mol. The van der Waals surface area contributed by atoms with Crippen LogP contribution in [0.5, 0.6) is 0 Å². The normalized spacial score (nSPS) is 10.5. The van der Waals surface area contributed by atoms with Crippen molar-refractivity contribution in [1.29, 1.82) is 0 Å². The summed E-state index contributed by atoms with van der Waals surface area (Å²) in [5.41, 5.74) is 1.87. The van der Waals surface area contributed by atoms with Gasteiger partial charge in [0, 0.05) is 24.8 Å². The lowest BCUT2D eigenvalue weighted by molar-refractivity contribution is -0.125. The first-order valence-corrected chi connectivity index (χ1v) is 8.34. The minimum Gasteiger partial charge on any atom is -0.348 e. The molecule has 0 bridgehead atoms. The van der Waals surface area contributed by atoms with Crippen LogP contribution in [0.25, 0.3) is 0 Å². The molecule has 0 unspecified atom stereocenters. The van der Waals surface area contributed by atoms with E-state index < -0.39 is 0 Å². The Hall–Kier alpha value is -1.31. The van der Waals surface area contributed by atoms with Gasteiger partial charge in [-0.2, -0.15) is 0 Å². The van der Waals surface area contributed by atoms with E-state index in [1.165, 1.54) is 23.1 Å². The molecule has 0 radical (unpaired) electrons. The Morgan fingerprint density at radius 3 is 2.90 bits per heavy atom. The zero-order chi connectivity index (χ0) is 15.4. The van der Waals surface area contributed by atoms with Crippen LogP contribution in [-0.4, -0.2) is 40.9 Å². The van der Waals surface area contributed by atoms with Crippen LogP contribution in [0.2, 0.25) is 5.02 Å². The van der Waals surface area contributed by atoms with E-state index in [4.69, 9.17) is 11.6 Å². The first-order valence-electron chi connectivity index (χ1n) is 6.16. The number of hydrogen-bond acceptors (Lipinski definition) is 6. The molecule has 2 aromatic rings. The zero-order valence-electron chi connectivity index (χ0n) is 11.9. The molecule has 1 N–H and O–H groups in total. The van der Waals surface area contributed by atoms with Gasteiger partial charge >= 0.3 is 0 Å². The van der Waals surface area contributed by atoms with Gasteiger partial charge in [-0.05, 0) is 24.6 Å². The lowest BCUT2D eigenvalue weighted by Gasteiger charge is -2.08. The number of amides is 1. The first-order chi connectivity index (χ1) is 9.97. The van der Waals surface area contributed by atoms with Gasteiger partial charge in [0.1, 0.15) is 0 Å². The van der Waals surface area contributed by atoms with Gasteiger partial charge in [0.05, 0.1) is 5.75 Å². The van der Waals surface area contributed by atoms with Crippen LogP contribution in [0, 0.1) is 6.92 Å². The number of nitrogens with zero attached hydrogens (tertiary/aromatic N) is 3. The van der Waals surface area contributed by atoms with E-state index in [2.05, 4.69) is 15.5 Å². The topological polar surface area (TPSA) is 58.1 Å². The molecule has 0 spiro atoms. The number of thioether (sulfide) groups is 1. The third-order valence-corrected chi connectivity index (χ3v) is 5.10. The fourth-order valence-corrected chi connectivity index (χ4v) is 3.35. The van der Waals surface area contributed by atoms with Crippen molar-refractivity contribution in [3.63, 3.8) is 0 Å². The van der Waals surface area contributed by atoms with Crippen molar-refractivity contribution in [2.24, 2.45) is 0 Å². The Balaban J connectivity index is 2.00. The van der Waals surface area contributed by atoms with Crippen molar-refractivity contribution in [2.75, 3.05) is 25.2 Å². The van der Waals surface area contributed by atoms with E-state index in [1.807, 2.05) is 25.1 Å². The van der Waals surface area contributed by atoms with E-state index >= 15 is 0 Å². The molecular formula is C13H15ClN4OS2. The van der Waals surface area contributed by atoms with E-state index in [9.17, 15) is 4.79 Å². The van der Waals surface area contributed by atoms with Crippen molar-refractivity contribution in [2.45, 2.75) is 11.3 Å². The second-order valence-corrected chi connectivity index (χ2v) is 7.09. The zero-order valence-corrected chi connectivity index (χ0v) is 14.3. The monoisotopic (exact) mass is 342 g/mol. The van der Waals surface area contributed by atoms with Crippen LogP contribution in [0.1, 0.15) is 5.56 Å². The molecule has 1 aromatic heterocycles. The highest BCUT2D eigenvalue weighted by atomic mass is 35.5. The molecule has 2 rings (SSSR count). The van der Waals surface area contributed by atoms with Gasteiger partial charge in [-0.25, -0.2) is 0 Å². The highest BCUT2D eigenvalue weighted by Crippen LogP contribution is 2.30. The van der Waals surface area contributed by atoms with Crippen molar-refractivity contribution >= 4 is 51.4 Å². The standard InChI is InChI=1S/C13H15ClN4OS2/c1-8-9(14)5-4-6-10(8)15-12-16-17-13(21-12)20-7-11(19)18(2)3/h4-6H,7H2,1-3H3,(H,15,16). The summed E-state index contributed by atoms with van der Waals surface area (Å²) < 4.78 is 0.757. The van der Waals surface area contributed by atoms with E-state index in [0.717, 1.165) is 15.6 Å². The number of carbonyl (C=O) groups is 1. The van der Waals surface area contributed by atoms with E-state index in [1.54, 1.807) is 19.0 Å². The number of aromatic nitrogens is 2. The predicted octanol–water partition coefficient (Wildman–Crippen LogP) is 3.42. The fourth-order valence-electron chi connectivity index (χ4n) is 1.43. The van der Waals surface area contributed by atoms with Gasteiger partial charge in [-0.1, -0.05) is 40.8 Å². The van der Waals surface area contributed by atoms with Crippen molar-refractivity contribution in [3.8, 4) is 0 Å². The van der Waals surface area contributed by atoms with Gasteiger partial charge in [-0.15, -0.1) is 10.2 Å². The highest BCUT2D eigenvalue weighted by Gasteiger charge is 2.10. The third kappa shape index (κ3) is 4.33. The largest absolute Gasteiger partial charge is 0.348 e. The number of benzene rings is 1. The summed E-state index contributed by atoms with van der Waals surface area (Å²) in [6, 6.07) is 5.66. The molecular weight excluding hydrogens is 328 g/mol. The average molecular weight is 343 g/mol. The summed E-state index contributed by atoms with van der Waals surface area (Å²) in [6.07, 6.45) is 0. The molecule has 21 heavy (non-hydrogen) atoms. The van der Waals surface area contributed by atoms with E-state index in [0.29, 0.717) is 15.9 Å². The minimum atomic E-state index is 0.0513. The van der Waals surface area contributed by atoms with Crippen molar-refractivity contribution in [3.05, 3.63) is 28.8 Å². The molecule has 0 fully saturated rings. The van der Waals surface area contributed by atoms with Crippen LogP contribution >= 0.6 is 34.7 Å². The highest BCUT2D eigenvalue weighted by molar-refractivity contribution is 8.01. The molecule has 0 aliphatic carbocycles. The average Bonchev–Trinajstić information content (AvgIpc) is 2.89. The Labute approximate surface area is 136 Å². The summed E-state index contributed by atoms with van der Waals surface area (Å²) in [7, 11) is 3.47. The number of anilines is 2. The second-order valence-electron chi connectivity index (χ2n) is 4.49. The molecule has 1 amide bonds. The summed E-state index contributed by atoms with van der Waals surface area (Å²) in [6.45, 7) is 1.94. The molecule has 112 valence electrons. The van der Waals surface area contributed by atoms with E-state index in [-0.39, 0.29) is 5.91 Å². The number of hydrogen-bond donors (Lipinski definition) is 1. The van der Waals surface area contributed by atoms with Gasteiger partial charge in [0.25, 0.3) is 0 Å². The summed E-state index contributed by atoms with van der Waals surface area (Å²) >= 11 is 8.88. The molecule has 1 heterocycles. The number of carbonyl (C=O) groups excluding carboxylic acids is 1. The van der Waals surface area contributed by atoms with Crippen LogP contribution in [0.3, 0.4) is 0 Å². The van der Waals surface area contributed by atoms with Crippen molar-refractivity contribution < 1.29 is 4.79 Å². The van der Waals surface area contributed by atoms with Gasteiger partial charge < -0.3 is 10.2 Å². The lowest BCUT2D eigenvalue weighted by Crippen LogP contribution is -2.23. The molecule has 1 aromatic carbocycles. The summed E-state index contributed by atoms with van der Waals surface area (Å²) in [5.74, 6) is 0.410. The smallest absolute Gasteiger partial charge is 0.232 e. The molecule has 0 aliphatic rings. The van der Waals surface area contributed by atoms with Crippen LogP contribution < -0.4 is 5.32 Å². The quantitative estimate of drug-likeness (QED) is 0.844. The Kier molecular flexibility index (Phi) is 5.44. The van der Waals surface area contributed by atoms with Gasteiger partial charge in [0.2, 0.25) is 11.0 Å². The maximum absolute atomic E-state index is 11.5. The first kappa shape index (κ1) is 16.1. The van der Waals surface area contributed by atoms with Crippen molar-refractivity contribution in [1.82, 2.24) is 15.1 Å². The third-order valence-electron chi connectivity index (χ3n) is 2.73. The Morgan fingerprint density at radius 1 is 1.43 bits per heavy atom. The van der Waals surface area contributed by atoms with Crippen LogP contribution in [-0.2, 0) is 4.79 Å². The maximum atomic E-state index is 11.5. The number of nitrogens with one attached hydrogen (secondary N) is 1. The second kappa shape index (κ2) is 7.11. The SMILES string of the molecule is Cc1c(Cl)cccc1Nc1nnc(SCC(=O)N(C)C)s1. The lowest BCUT2D eigenvalue weighted by atomic mass is 10.2. The molecule has 8 heteroatoms. The molecule has 0 saturated heterocycles. The van der Waals surface area contributed by atoms with Crippen LogP contribution in [0.15, 0.2) is 22.5 Å². The molecule has 5 nitrogen and oxygen atoms in total. The Morgan fingerprint density at radius 2 is 2.19 bits per heavy atom. The number of halogens is 1. The molecule has 0 atom stereocenters. The molecule has 0 saturated carbocycles. The summed E-state index contributed by atoms with van der Waals surface area (Å²) in [4.78, 5) is 13.1. The van der Waals surface area contributed by atoms with Gasteiger partial charge in [-0.3, -0.25) is 4.79 Å². The Bertz CT molecular complexity index is 645. The summed E-state index contributed by atoms with van der Waals surface area (Å²) in [5, 5.41) is 12.7. The number of rotatable bonds is 5. The minimum absolute atomic E-state index is 0.0513. The van der Waals surface area contributed by atoms with Crippen LogP contribution in [0.4, 0.5) is 10.8 Å². The fraction of sp³-hybridized carbons (Fsp3) is 0.308. The van der Waals surface area contributed by atoms with Gasteiger partial charge in [0.15, 0.2) is 4.34 Å². The molecule has 0 aliphatic heterocycles.